The van der Waals surface area contributed by atoms with E-state index in [4.69, 9.17) is 28.9 Å². The van der Waals surface area contributed by atoms with Gasteiger partial charge in [0.25, 0.3) is 0 Å². The molecule has 4 heteroatoms. The zero-order valence-corrected chi connectivity index (χ0v) is 11.8. The number of hydrogen-bond donors (Lipinski definition) is 2. The van der Waals surface area contributed by atoms with Crippen LogP contribution in [-0.2, 0) is 6.42 Å². The maximum Gasteiger partial charge on any atom is 0.0958 e. The molecule has 0 aromatic heterocycles. The summed E-state index contributed by atoms with van der Waals surface area (Å²) in [6.07, 6.45) is -0.231. The minimum absolute atomic E-state index is 0.416. The lowest BCUT2D eigenvalue weighted by molar-refractivity contribution is 0.146. The highest BCUT2D eigenvalue weighted by molar-refractivity contribution is 6.35. The van der Waals surface area contributed by atoms with Gasteiger partial charge < -0.3 is 10.8 Å². The van der Waals surface area contributed by atoms with Gasteiger partial charge in [-0.05, 0) is 24.1 Å². The summed E-state index contributed by atoms with van der Waals surface area (Å²) in [4.78, 5) is 0. The Bertz CT molecular complexity index is 545. The second kappa shape index (κ2) is 6.40. The molecule has 0 heterocycles. The summed E-state index contributed by atoms with van der Waals surface area (Å²) in [5.74, 6) is 0. The summed E-state index contributed by atoms with van der Waals surface area (Å²) >= 11 is 11.9. The molecule has 2 rings (SSSR count). The highest BCUT2D eigenvalue weighted by Crippen LogP contribution is 2.28. The van der Waals surface area contributed by atoms with E-state index in [2.05, 4.69) is 0 Å². The van der Waals surface area contributed by atoms with E-state index in [1.165, 1.54) is 0 Å². The van der Waals surface area contributed by atoms with Crippen molar-refractivity contribution in [1.29, 1.82) is 0 Å². The summed E-state index contributed by atoms with van der Waals surface area (Å²) in [5.41, 5.74) is 7.74. The number of benzene rings is 2. The van der Waals surface area contributed by atoms with Crippen LogP contribution in [0.2, 0.25) is 10.0 Å². The van der Waals surface area contributed by atoms with E-state index in [1.807, 2.05) is 30.3 Å². The van der Waals surface area contributed by atoms with Gasteiger partial charge in [0.05, 0.1) is 6.10 Å². The molecule has 2 aromatic carbocycles. The van der Waals surface area contributed by atoms with Crippen molar-refractivity contribution in [2.24, 2.45) is 5.73 Å². The van der Waals surface area contributed by atoms with Crippen molar-refractivity contribution in [3.05, 3.63) is 69.7 Å². The average molecular weight is 296 g/mol. The van der Waals surface area contributed by atoms with Crippen LogP contribution in [0.4, 0.5) is 0 Å². The summed E-state index contributed by atoms with van der Waals surface area (Å²) in [7, 11) is 0. The standard InChI is InChI=1S/C15H15Cl2NO/c16-11-6-7-12(13(17)9-11)15(19)14(18)8-10-4-2-1-3-5-10/h1-7,9,14-15,19H,8,18H2. The van der Waals surface area contributed by atoms with E-state index in [9.17, 15) is 5.11 Å². The topological polar surface area (TPSA) is 46.2 Å². The number of rotatable bonds is 4. The van der Waals surface area contributed by atoms with Gasteiger partial charge in [0.15, 0.2) is 0 Å². The fourth-order valence-corrected chi connectivity index (χ4v) is 2.49. The quantitative estimate of drug-likeness (QED) is 0.905. The minimum Gasteiger partial charge on any atom is -0.387 e. The Labute approximate surface area is 122 Å². The molecule has 2 aromatic rings. The van der Waals surface area contributed by atoms with Crippen LogP contribution in [-0.4, -0.2) is 11.1 Å². The van der Waals surface area contributed by atoms with Crippen LogP contribution in [0.15, 0.2) is 48.5 Å². The van der Waals surface area contributed by atoms with Crippen LogP contribution in [0, 0.1) is 0 Å². The van der Waals surface area contributed by atoms with Gasteiger partial charge in [-0.1, -0.05) is 59.6 Å². The number of hydrogen-bond acceptors (Lipinski definition) is 2. The molecule has 2 nitrogen and oxygen atoms in total. The second-order valence-electron chi connectivity index (χ2n) is 4.46. The van der Waals surface area contributed by atoms with E-state index in [0.717, 1.165) is 5.56 Å². The molecule has 2 unspecified atom stereocenters. The van der Waals surface area contributed by atoms with Gasteiger partial charge in [0.2, 0.25) is 0 Å². The van der Waals surface area contributed by atoms with E-state index in [-0.39, 0.29) is 0 Å². The zero-order valence-electron chi connectivity index (χ0n) is 10.3. The summed E-state index contributed by atoms with van der Waals surface area (Å²) in [6, 6.07) is 14.4. The van der Waals surface area contributed by atoms with Crippen molar-refractivity contribution in [2.75, 3.05) is 0 Å². The third-order valence-corrected chi connectivity index (χ3v) is 3.56. The van der Waals surface area contributed by atoms with E-state index < -0.39 is 12.1 Å². The molecule has 0 saturated carbocycles. The van der Waals surface area contributed by atoms with Crippen LogP contribution >= 0.6 is 23.2 Å². The van der Waals surface area contributed by atoms with Crippen molar-refractivity contribution in [3.63, 3.8) is 0 Å². The Kier molecular flexibility index (Phi) is 4.83. The summed E-state index contributed by atoms with van der Waals surface area (Å²) in [6.45, 7) is 0. The number of aliphatic hydroxyl groups excluding tert-OH is 1. The highest BCUT2D eigenvalue weighted by Gasteiger charge is 2.19. The molecule has 0 aliphatic carbocycles. The van der Waals surface area contributed by atoms with Crippen molar-refractivity contribution in [3.8, 4) is 0 Å². The third kappa shape index (κ3) is 3.71. The molecular formula is C15H15Cl2NO. The van der Waals surface area contributed by atoms with Crippen LogP contribution < -0.4 is 5.73 Å². The lowest BCUT2D eigenvalue weighted by atomic mass is 9.97. The molecule has 0 amide bonds. The number of nitrogens with two attached hydrogens (primary N) is 1. The molecule has 0 spiro atoms. The Hall–Kier alpha value is -1.06. The van der Waals surface area contributed by atoms with Crippen LogP contribution in [0.1, 0.15) is 17.2 Å². The highest BCUT2D eigenvalue weighted by atomic mass is 35.5. The smallest absolute Gasteiger partial charge is 0.0958 e. The zero-order chi connectivity index (χ0) is 13.8. The van der Waals surface area contributed by atoms with Crippen LogP contribution in [0.25, 0.3) is 0 Å². The minimum atomic E-state index is -0.815. The first-order valence-corrected chi connectivity index (χ1v) is 6.76. The fraction of sp³-hybridized carbons (Fsp3) is 0.200. The molecule has 3 N–H and O–H groups in total. The van der Waals surface area contributed by atoms with Crippen molar-refractivity contribution >= 4 is 23.2 Å². The maximum absolute atomic E-state index is 10.3. The fourth-order valence-electron chi connectivity index (χ4n) is 1.97. The van der Waals surface area contributed by atoms with Gasteiger partial charge in [-0.2, -0.15) is 0 Å². The molecule has 100 valence electrons. The molecule has 0 radical (unpaired) electrons. The molecule has 0 bridgehead atoms. The molecule has 0 saturated heterocycles. The van der Waals surface area contributed by atoms with Gasteiger partial charge in [0, 0.05) is 21.7 Å². The molecule has 0 fully saturated rings. The molecular weight excluding hydrogens is 281 g/mol. The molecule has 19 heavy (non-hydrogen) atoms. The second-order valence-corrected chi connectivity index (χ2v) is 5.31. The predicted octanol–water partition coefficient (Wildman–Crippen LogP) is 3.60. The van der Waals surface area contributed by atoms with Crippen molar-refractivity contribution < 1.29 is 5.11 Å². The Morgan fingerprint density at radius 2 is 1.74 bits per heavy atom. The lowest BCUT2D eigenvalue weighted by Crippen LogP contribution is -2.30. The van der Waals surface area contributed by atoms with E-state index in [0.29, 0.717) is 22.0 Å². The van der Waals surface area contributed by atoms with Crippen LogP contribution in [0.3, 0.4) is 0 Å². The first kappa shape index (κ1) is 14.4. The Morgan fingerprint density at radius 1 is 1.05 bits per heavy atom. The molecule has 0 aliphatic heterocycles. The normalized spacial score (nSPS) is 14.1. The number of aliphatic hydroxyl groups is 1. The van der Waals surface area contributed by atoms with Gasteiger partial charge in [-0.15, -0.1) is 0 Å². The predicted molar refractivity (Wildman–Crippen MR) is 79.5 cm³/mol. The van der Waals surface area contributed by atoms with E-state index >= 15 is 0 Å². The summed E-state index contributed by atoms with van der Waals surface area (Å²) in [5, 5.41) is 11.2. The van der Waals surface area contributed by atoms with Crippen molar-refractivity contribution in [2.45, 2.75) is 18.6 Å². The van der Waals surface area contributed by atoms with Gasteiger partial charge in [-0.3, -0.25) is 0 Å². The lowest BCUT2D eigenvalue weighted by Gasteiger charge is -2.20. The van der Waals surface area contributed by atoms with Gasteiger partial charge in [-0.25, -0.2) is 0 Å². The van der Waals surface area contributed by atoms with E-state index in [1.54, 1.807) is 18.2 Å². The van der Waals surface area contributed by atoms with Gasteiger partial charge >= 0.3 is 0 Å². The monoisotopic (exact) mass is 295 g/mol. The third-order valence-electron chi connectivity index (χ3n) is 3.00. The Balaban J connectivity index is 2.12. The van der Waals surface area contributed by atoms with Crippen molar-refractivity contribution in [1.82, 2.24) is 0 Å². The first-order chi connectivity index (χ1) is 9.08. The molecule has 0 aliphatic rings. The summed E-state index contributed by atoms with van der Waals surface area (Å²) < 4.78 is 0. The van der Waals surface area contributed by atoms with Crippen LogP contribution in [0.5, 0.6) is 0 Å². The Morgan fingerprint density at radius 3 is 2.37 bits per heavy atom. The SMILES string of the molecule is NC(Cc1ccccc1)C(O)c1ccc(Cl)cc1Cl. The number of halogens is 2. The largest absolute Gasteiger partial charge is 0.387 e. The average Bonchev–Trinajstić information content (AvgIpc) is 2.39. The van der Waals surface area contributed by atoms with Gasteiger partial charge in [0.1, 0.15) is 0 Å². The first-order valence-electron chi connectivity index (χ1n) is 6.00. The molecule has 2 atom stereocenters. The maximum atomic E-state index is 10.3.